The van der Waals surface area contributed by atoms with Gasteiger partial charge in [0.2, 0.25) is 0 Å². The number of imidazole rings is 1. The summed E-state index contributed by atoms with van der Waals surface area (Å²) in [6.07, 6.45) is 1.27. The zero-order valence-corrected chi connectivity index (χ0v) is 12.8. The van der Waals surface area contributed by atoms with E-state index in [1.807, 2.05) is 0 Å². The fourth-order valence-electron chi connectivity index (χ4n) is 2.47. The van der Waals surface area contributed by atoms with E-state index in [0.29, 0.717) is 17.0 Å². The number of fused-ring (bicyclic) bond motifs is 1. The van der Waals surface area contributed by atoms with Crippen LogP contribution in [0.15, 0.2) is 6.33 Å². The first-order chi connectivity index (χ1) is 11.1. The molecule has 0 radical (unpaired) electrons. The fourth-order valence-corrected chi connectivity index (χ4v) is 2.47. The number of aliphatic hydroxyl groups is 2. The Hall–Kier alpha value is -2.21. The molecule has 2 aromatic heterocycles. The zero-order valence-electron chi connectivity index (χ0n) is 12.8. The second kappa shape index (κ2) is 6.50. The van der Waals surface area contributed by atoms with Crippen molar-refractivity contribution < 1.29 is 14.9 Å². The Morgan fingerprint density at radius 2 is 2.26 bits per heavy atom. The average molecular weight is 317 g/mol. The number of rotatable bonds is 3. The van der Waals surface area contributed by atoms with Gasteiger partial charge in [-0.25, -0.2) is 15.0 Å². The largest absolute Gasteiger partial charge is 0.388 e. The van der Waals surface area contributed by atoms with E-state index >= 15 is 0 Å². The topological polar surface area (TPSA) is 119 Å². The lowest BCUT2D eigenvalue weighted by molar-refractivity contribution is -0.0167. The molecule has 0 aromatic carbocycles. The van der Waals surface area contributed by atoms with Gasteiger partial charge in [-0.15, -0.1) is 0 Å². The first-order valence-corrected chi connectivity index (χ1v) is 7.58. The van der Waals surface area contributed by atoms with Crippen LogP contribution in [0.2, 0.25) is 0 Å². The molecule has 1 aliphatic heterocycles. The van der Waals surface area contributed by atoms with Crippen LogP contribution in [-0.4, -0.2) is 48.5 Å². The van der Waals surface area contributed by atoms with E-state index in [9.17, 15) is 10.2 Å². The molecule has 0 aliphatic carbocycles. The van der Waals surface area contributed by atoms with E-state index < -0.39 is 18.4 Å². The summed E-state index contributed by atoms with van der Waals surface area (Å²) < 4.78 is 7.07. The summed E-state index contributed by atoms with van der Waals surface area (Å²) >= 11 is 0. The SMILES string of the molecule is CCCCC#Cc1nc2c(N)ncnc2n1[C@@H]1OC[C@H](O)[C@@H]1O. The minimum absolute atomic E-state index is 0.0365. The lowest BCUT2D eigenvalue weighted by atomic mass is 10.2. The van der Waals surface area contributed by atoms with Crippen LogP contribution in [0.3, 0.4) is 0 Å². The smallest absolute Gasteiger partial charge is 0.189 e. The number of nitrogens with two attached hydrogens (primary N) is 1. The molecule has 1 aliphatic rings. The summed E-state index contributed by atoms with van der Waals surface area (Å²) in [6, 6.07) is 0. The molecular weight excluding hydrogens is 298 g/mol. The predicted molar refractivity (Wildman–Crippen MR) is 83.1 cm³/mol. The Morgan fingerprint density at radius 3 is 2.96 bits per heavy atom. The summed E-state index contributed by atoms with van der Waals surface area (Å²) in [6.45, 7) is 2.13. The van der Waals surface area contributed by atoms with Gasteiger partial charge < -0.3 is 20.7 Å². The molecule has 23 heavy (non-hydrogen) atoms. The fraction of sp³-hybridized carbons (Fsp3) is 0.533. The maximum atomic E-state index is 10.1. The number of nitrogen functional groups attached to an aromatic ring is 1. The standard InChI is InChI=1S/C15H19N5O3/c1-2-3-4-5-6-10-19-11-13(16)17-8-18-14(11)20(10)15-12(22)9(21)7-23-15/h8-9,12,15,21-22H,2-4,7H2,1H3,(H2,16,17,18)/t9-,12-,15+/m0/s1. The van der Waals surface area contributed by atoms with E-state index in [-0.39, 0.29) is 12.4 Å². The highest BCUT2D eigenvalue weighted by molar-refractivity contribution is 5.82. The van der Waals surface area contributed by atoms with Gasteiger partial charge in [0.05, 0.1) is 6.61 Å². The summed E-state index contributed by atoms with van der Waals surface area (Å²) in [7, 11) is 0. The monoisotopic (exact) mass is 317 g/mol. The lowest BCUT2D eigenvalue weighted by Crippen LogP contribution is -2.28. The molecule has 8 heteroatoms. The second-order valence-corrected chi connectivity index (χ2v) is 5.42. The van der Waals surface area contributed by atoms with Crippen LogP contribution in [0.4, 0.5) is 5.82 Å². The maximum Gasteiger partial charge on any atom is 0.189 e. The minimum atomic E-state index is -1.08. The van der Waals surface area contributed by atoms with Crippen LogP contribution in [0.5, 0.6) is 0 Å². The molecule has 3 atom stereocenters. The molecule has 4 N–H and O–H groups in total. The van der Waals surface area contributed by atoms with Gasteiger partial charge in [0, 0.05) is 6.42 Å². The number of hydrogen-bond donors (Lipinski definition) is 3. The number of ether oxygens (including phenoxy) is 1. The summed E-state index contributed by atoms with van der Waals surface area (Å²) in [5.74, 6) is 6.66. The molecule has 122 valence electrons. The third kappa shape index (κ3) is 2.86. The van der Waals surface area contributed by atoms with Gasteiger partial charge in [-0.2, -0.15) is 0 Å². The first-order valence-electron chi connectivity index (χ1n) is 7.58. The van der Waals surface area contributed by atoms with Crippen molar-refractivity contribution in [3.63, 3.8) is 0 Å². The number of unbranched alkanes of at least 4 members (excludes halogenated alkanes) is 2. The van der Waals surface area contributed by atoms with Crippen LogP contribution in [0.1, 0.15) is 38.2 Å². The highest BCUT2D eigenvalue weighted by Gasteiger charge is 2.38. The highest BCUT2D eigenvalue weighted by atomic mass is 16.5. The summed E-state index contributed by atoms with van der Waals surface area (Å²) in [5.41, 5.74) is 6.68. The first kappa shape index (κ1) is 15.7. The molecule has 2 aromatic rings. The highest BCUT2D eigenvalue weighted by Crippen LogP contribution is 2.29. The average Bonchev–Trinajstić information content (AvgIpc) is 3.06. The number of nitrogens with zero attached hydrogens (tertiary/aromatic N) is 4. The van der Waals surface area contributed by atoms with Crippen molar-refractivity contribution in [2.45, 2.75) is 44.6 Å². The van der Waals surface area contributed by atoms with Crippen LogP contribution < -0.4 is 5.73 Å². The Kier molecular flexibility index (Phi) is 4.43. The number of aliphatic hydroxyl groups excluding tert-OH is 2. The molecule has 0 saturated carbocycles. The molecular formula is C15H19N5O3. The van der Waals surface area contributed by atoms with Crippen molar-refractivity contribution >= 4 is 17.0 Å². The third-order valence-electron chi connectivity index (χ3n) is 3.74. The van der Waals surface area contributed by atoms with E-state index in [2.05, 4.69) is 33.7 Å². The second-order valence-electron chi connectivity index (χ2n) is 5.42. The van der Waals surface area contributed by atoms with E-state index in [1.165, 1.54) is 6.33 Å². The molecule has 3 rings (SSSR count). The molecule has 3 heterocycles. The number of aromatic nitrogens is 4. The quantitative estimate of drug-likeness (QED) is 0.546. The zero-order chi connectivity index (χ0) is 16.4. The van der Waals surface area contributed by atoms with Gasteiger partial charge in [0.25, 0.3) is 0 Å². The van der Waals surface area contributed by atoms with Crippen LogP contribution in [0, 0.1) is 11.8 Å². The molecule has 0 spiro atoms. The van der Waals surface area contributed by atoms with Crippen molar-refractivity contribution in [1.82, 2.24) is 19.5 Å². The van der Waals surface area contributed by atoms with Gasteiger partial charge in [-0.1, -0.05) is 19.3 Å². The van der Waals surface area contributed by atoms with Gasteiger partial charge in [0.15, 0.2) is 29.0 Å². The summed E-state index contributed by atoms with van der Waals surface area (Å²) in [5, 5.41) is 19.9. The van der Waals surface area contributed by atoms with Crippen molar-refractivity contribution in [1.29, 1.82) is 0 Å². The van der Waals surface area contributed by atoms with E-state index in [4.69, 9.17) is 10.5 Å². The minimum Gasteiger partial charge on any atom is -0.388 e. The Balaban J connectivity index is 2.08. The van der Waals surface area contributed by atoms with E-state index in [0.717, 1.165) is 19.3 Å². The maximum absolute atomic E-state index is 10.1. The van der Waals surface area contributed by atoms with Crippen LogP contribution >= 0.6 is 0 Å². The van der Waals surface area contributed by atoms with Crippen LogP contribution in [0.25, 0.3) is 11.2 Å². The van der Waals surface area contributed by atoms with Gasteiger partial charge in [-0.3, -0.25) is 4.57 Å². The normalized spacial score (nSPS) is 23.9. The van der Waals surface area contributed by atoms with Crippen molar-refractivity contribution in [3.05, 3.63) is 12.2 Å². The molecule has 1 saturated heterocycles. The Bertz CT molecular complexity index is 764. The van der Waals surface area contributed by atoms with E-state index in [1.54, 1.807) is 4.57 Å². The lowest BCUT2D eigenvalue weighted by Gasteiger charge is -2.17. The predicted octanol–water partition coefficient (Wildman–Crippen LogP) is 0.201. The number of hydrogen-bond acceptors (Lipinski definition) is 7. The number of anilines is 1. The Morgan fingerprint density at radius 1 is 1.43 bits per heavy atom. The molecule has 8 nitrogen and oxygen atoms in total. The molecule has 1 fully saturated rings. The molecule has 0 unspecified atom stereocenters. The summed E-state index contributed by atoms with van der Waals surface area (Å²) in [4.78, 5) is 12.5. The van der Waals surface area contributed by atoms with Crippen molar-refractivity contribution in [2.24, 2.45) is 0 Å². The molecule has 0 amide bonds. The Labute approximate surface area is 133 Å². The molecule has 0 bridgehead atoms. The van der Waals surface area contributed by atoms with Gasteiger partial charge in [-0.05, 0) is 12.3 Å². The van der Waals surface area contributed by atoms with Gasteiger partial charge >= 0.3 is 0 Å². The van der Waals surface area contributed by atoms with Crippen LogP contribution in [-0.2, 0) is 4.74 Å². The third-order valence-corrected chi connectivity index (χ3v) is 3.74. The van der Waals surface area contributed by atoms with Crippen molar-refractivity contribution in [2.75, 3.05) is 12.3 Å². The van der Waals surface area contributed by atoms with Gasteiger partial charge in [0.1, 0.15) is 18.5 Å². The van der Waals surface area contributed by atoms with Crippen molar-refractivity contribution in [3.8, 4) is 11.8 Å².